The fourth-order valence-electron chi connectivity index (χ4n) is 2.04. The van der Waals surface area contributed by atoms with Crippen LogP contribution in [-0.4, -0.2) is 9.78 Å². The van der Waals surface area contributed by atoms with E-state index in [4.69, 9.17) is 5.10 Å². The molecule has 18 heavy (non-hydrogen) atoms. The van der Waals surface area contributed by atoms with Gasteiger partial charge in [-0.15, -0.1) is 0 Å². The molecule has 0 N–H and O–H groups in total. The van der Waals surface area contributed by atoms with Crippen LogP contribution in [0, 0.1) is 0 Å². The summed E-state index contributed by atoms with van der Waals surface area (Å²) in [7, 11) is 0. The molecule has 0 aliphatic heterocycles. The summed E-state index contributed by atoms with van der Waals surface area (Å²) in [6.07, 6.45) is 2.17. The molecule has 0 aliphatic carbocycles. The predicted molar refractivity (Wildman–Crippen MR) is 76.7 cm³/mol. The van der Waals surface area contributed by atoms with Gasteiger partial charge in [0.1, 0.15) is 0 Å². The molecule has 96 valence electrons. The van der Waals surface area contributed by atoms with Gasteiger partial charge >= 0.3 is 0 Å². The highest BCUT2D eigenvalue weighted by atomic mass is 15.3. The largest absolute Gasteiger partial charge is 0.269 e. The minimum absolute atomic E-state index is 0.0608. The van der Waals surface area contributed by atoms with E-state index in [-0.39, 0.29) is 5.41 Å². The summed E-state index contributed by atoms with van der Waals surface area (Å²) in [5.74, 6) is 0. The lowest BCUT2D eigenvalue weighted by atomic mass is 9.87. The molecule has 2 nitrogen and oxygen atoms in total. The molecular weight excluding hydrogens is 220 g/mol. The standard InChI is InChI=1S/C16H22N2/c1-12(2)18-11-14(13-9-7-6-8-10-13)15(17-18)16(3,4)5/h6-12H,1-5H3. The number of aromatic nitrogens is 2. The van der Waals surface area contributed by atoms with Crippen LogP contribution >= 0.6 is 0 Å². The third-order valence-corrected chi connectivity index (χ3v) is 3.06. The normalized spacial score (nSPS) is 12.1. The zero-order chi connectivity index (χ0) is 13.3. The second kappa shape index (κ2) is 4.60. The predicted octanol–water partition coefficient (Wildman–Crippen LogP) is 4.43. The first-order valence-electron chi connectivity index (χ1n) is 6.54. The first-order valence-corrected chi connectivity index (χ1v) is 6.54. The third-order valence-electron chi connectivity index (χ3n) is 3.06. The Balaban J connectivity index is 2.59. The molecule has 0 unspecified atom stereocenters. The van der Waals surface area contributed by atoms with Gasteiger partial charge in [0.25, 0.3) is 0 Å². The molecule has 0 saturated heterocycles. The second-order valence-corrected chi connectivity index (χ2v) is 6.08. The Morgan fingerprint density at radius 1 is 1.06 bits per heavy atom. The molecule has 0 radical (unpaired) electrons. The second-order valence-electron chi connectivity index (χ2n) is 6.08. The first-order chi connectivity index (χ1) is 8.39. The van der Waals surface area contributed by atoms with Crippen molar-refractivity contribution < 1.29 is 0 Å². The average molecular weight is 242 g/mol. The topological polar surface area (TPSA) is 17.8 Å². The Kier molecular flexibility index (Phi) is 3.29. The summed E-state index contributed by atoms with van der Waals surface area (Å²) in [6.45, 7) is 11.0. The van der Waals surface area contributed by atoms with E-state index in [1.54, 1.807) is 0 Å². The van der Waals surface area contributed by atoms with E-state index in [0.717, 1.165) is 0 Å². The van der Waals surface area contributed by atoms with Crippen molar-refractivity contribution in [2.45, 2.75) is 46.1 Å². The van der Waals surface area contributed by atoms with Gasteiger partial charge in [0.15, 0.2) is 0 Å². The van der Waals surface area contributed by atoms with Crippen molar-refractivity contribution in [2.75, 3.05) is 0 Å². The fraction of sp³-hybridized carbons (Fsp3) is 0.438. The highest BCUT2D eigenvalue weighted by Gasteiger charge is 2.23. The summed E-state index contributed by atoms with van der Waals surface area (Å²) < 4.78 is 2.06. The molecule has 2 heteroatoms. The summed E-state index contributed by atoms with van der Waals surface area (Å²) in [5.41, 5.74) is 3.72. The smallest absolute Gasteiger partial charge is 0.0756 e. The van der Waals surface area contributed by atoms with Crippen molar-refractivity contribution in [1.82, 2.24) is 9.78 Å². The molecule has 0 spiro atoms. The zero-order valence-electron chi connectivity index (χ0n) is 11.9. The van der Waals surface area contributed by atoms with Gasteiger partial charge in [-0.1, -0.05) is 51.1 Å². The van der Waals surface area contributed by atoms with E-state index in [1.165, 1.54) is 16.8 Å². The van der Waals surface area contributed by atoms with E-state index in [0.29, 0.717) is 6.04 Å². The van der Waals surface area contributed by atoms with Crippen LogP contribution in [0.2, 0.25) is 0 Å². The number of benzene rings is 1. The summed E-state index contributed by atoms with van der Waals surface area (Å²) in [5, 5.41) is 4.77. The Bertz CT molecular complexity index is 516. The van der Waals surface area contributed by atoms with Crippen LogP contribution < -0.4 is 0 Å². The SMILES string of the molecule is CC(C)n1cc(-c2ccccc2)c(C(C)(C)C)n1. The summed E-state index contributed by atoms with van der Waals surface area (Å²) >= 11 is 0. The van der Waals surface area contributed by atoms with Crippen LogP contribution in [0.5, 0.6) is 0 Å². The molecule has 0 bridgehead atoms. The van der Waals surface area contributed by atoms with Crippen LogP contribution in [-0.2, 0) is 5.41 Å². The summed E-state index contributed by atoms with van der Waals surface area (Å²) in [6, 6.07) is 10.9. The highest BCUT2D eigenvalue weighted by molar-refractivity contribution is 5.66. The van der Waals surface area contributed by atoms with Gasteiger partial charge in [-0.2, -0.15) is 5.10 Å². The molecular formula is C16H22N2. The van der Waals surface area contributed by atoms with Crippen LogP contribution in [0.1, 0.15) is 46.4 Å². The van der Waals surface area contributed by atoms with Gasteiger partial charge in [-0.25, -0.2) is 0 Å². The van der Waals surface area contributed by atoms with Crippen LogP contribution in [0.15, 0.2) is 36.5 Å². The highest BCUT2D eigenvalue weighted by Crippen LogP contribution is 2.32. The van der Waals surface area contributed by atoms with Crippen molar-refractivity contribution in [1.29, 1.82) is 0 Å². The molecule has 1 aromatic heterocycles. The molecule has 2 rings (SSSR count). The maximum Gasteiger partial charge on any atom is 0.0756 e. The van der Waals surface area contributed by atoms with Crippen LogP contribution in [0.3, 0.4) is 0 Å². The number of hydrogen-bond donors (Lipinski definition) is 0. The molecule has 0 fully saturated rings. The molecule has 0 saturated carbocycles. The van der Waals surface area contributed by atoms with E-state index < -0.39 is 0 Å². The van der Waals surface area contributed by atoms with Gasteiger partial charge < -0.3 is 0 Å². The quantitative estimate of drug-likeness (QED) is 0.761. The molecule has 1 heterocycles. The van der Waals surface area contributed by atoms with Crippen LogP contribution in [0.4, 0.5) is 0 Å². The first kappa shape index (κ1) is 12.9. The number of hydrogen-bond acceptors (Lipinski definition) is 1. The molecule has 1 aromatic carbocycles. The van der Waals surface area contributed by atoms with Gasteiger partial charge in [0.05, 0.1) is 5.69 Å². The van der Waals surface area contributed by atoms with E-state index >= 15 is 0 Å². The van der Waals surface area contributed by atoms with E-state index in [2.05, 4.69) is 69.8 Å². The molecule has 0 amide bonds. The molecule has 0 aliphatic rings. The monoisotopic (exact) mass is 242 g/mol. The van der Waals surface area contributed by atoms with E-state index in [9.17, 15) is 0 Å². The van der Waals surface area contributed by atoms with Gasteiger partial charge in [0, 0.05) is 23.2 Å². The van der Waals surface area contributed by atoms with Crippen molar-refractivity contribution in [2.24, 2.45) is 0 Å². The van der Waals surface area contributed by atoms with Crippen molar-refractivity contribution >= 4 is 0 Å². The minimum atomic E-state index is 0.0608. The minimum Gasteiger partial charge on any atom is -0.269 e. The lowest BCUT2D eigenvalue weighted by Crippen LogP contribution is -2.14. The maximum absolute atomic E-state index is 4.77. The lowest BCUT2D eigenvalue weighted by molar-refractivity contribution is 0.495. The maximum atomic E-state index is 4.77. The van der Waals surface area contributed by atoms with Crippen molar-refractivity contribution in [3.63, 3.8) is 0 Å². The van der Waals surface area contributed by atoms with Crippen LogP contribution in [0.25, 0.3) is 11.1 Å². The van der Waals surface area contributed by atoms with Gasteiger partial charge in [-0.3, -0.25) is 4.68 Å². The average Bonchev–Trinajstić information content (AvgIpc) is 2.74. The Morgan fingerprint density at radius 2 is 1.67 bits per heavy atom. The van der Waals surface area contributed by atoms with Gasteiger partial charge in [0.2, 0.25) is 0 Å². The van der Waals surface area contributed by atoms with Gasteiger partial charge in [-0.05, 0) is 19.4 Å². The molecule has 0 atom stereocenters. The Hall–Kier alpha value is -1.57. The zero-order valence-corrected chi connectivity index (χ0v) is 11.9. The number of rotatable bonds is 2. The van der Waals surface area contributed by atoms with E-state index in [1.807, 2.05) is 6.07 Å². The Morgan fingerprint density at radius 3 is 2.17 bits per heavy atom. The molecule has 2 aromatic rings. The number of nitrogens with zero attached hydrogens (tertiary/aromatic N) is 2. The van der Waals surface area contributed by atoms with Crippen molar-refractivity contribution in [3.8, 4) is 11.1 Å². The summed E-state index contributed by atoms with van der Waals surface area (Å²) in [4.78, 5) is 0. The Labute approximate surface area is 110 Å². The third kappa shape index (κ3) is 2.47. The lowest BCUT2D eigenvalue weighted by Gasteiger charge is -2.17. The fourth-order valence-corrected chi connectivity index (χ4v) is 2.04. The van der Waals surface area contributed by atoms with Crippen molar-refractivity contribution in [3.05, 3.63) is 42.2 Å².